The van der Waals surface area contributed by atoms with Gasteiger partial charge in [0.2, 0.25) is 5.82 Å². The van der Waals surface area contributed by atoms with Crippen molar-refractivity contribution in [1.82, 2.24) is 20.4 Å². The molecule has 1 aliphatic rings. The fraction of sp³-hybridized carbons (Fsp3) is 0.458. The average molecular weight is 439 g/mol. The van der Waals surface area contributed by atoms with Crippen molar-refractivity contribution >= 4 is 17.2 Å². The van der Waals surface area contributed by atoms with E-state index in [9.17, 15) is 4.79 Å². The normalized spacial score (nSPS) is 16.1. The lowest BCUT2D eigenvalue weighted by Crippen LogP contribution is -2.37. The molecule has 0 bridgehead atoms. The van der Waals surface area contributed by atoms with Crippen LogP contribution in [0.25, 0.3) is 22.2 Å². The maximum atomic E-state index is 12.6. The molecule has 0 spiro atoms. The predicted molar refractivity (Wildman–Crippen MR) is 124 cm³/mol. The number of hydrogen-bond acceptors (Lipinski definition) is 6. The summed E-state index contributed by atoms with van der Waals surface area (Å²) >= 11 is 1.39. The molecule has 1 atom stereocenters. The van der Waals surface area contributed by atoms with E-state index >= 15 is 0 Å². The van der Waals surface area contributed by atoms with Crippen LogP contribution in [0.5, 0.6) is 0 Å². The van der Waals surface area contributed by atoms with Crippen LogP contribution in [-0.4, -0.2) is 46.6 Å². The molecule has 1 saturated heterocycles. The number of nitrogens with zero attached hydrogens (tertiary/aromatic N) is 3. The third-order valence-electron chi connectivity index (χ3n) is 5.89. The van der Waals surface area contributed by atoms with Crippen molar-refractivity contribution < 1.29 is 9.32 Å². The van der Waals surface area contributed by atoms with Gasteiger partial charge in [0.1, 0.15) is 0 Å². The number of aryl methyl sites for hydroxylation is 1. The molecule has 3 heterocycles. The summed E-state index contributed by atoms with van der Waals surface area (Å²) in [6.07, 6.45) is 6.22. The average Bonchev–Trinajstić information content (AvgIpc) is 3.38. The van der Waals surface area contributed by atoms with Crippen molar-refractivity contribution in [3.63, 3.8) is 0 Å². The molecule has 1 amide bonds. The summed E-state index contributed by atoms with van der Waals surface area (Å²) in [5.41, 5.74) is 2.07. The van der Waals surface area contributed by atoms with Crippen LogP contribution < -0.4 is 5.32 Å². The van der Waals surface area contributed by atoms with Crippen LogP contribution in [0.1, 0.15) is 54.3 Å². The van der Waals surface area contributed by atoms with Gasteiger partial charge in [0.05, 0.1) is 9.75 Å². The van der Waals surface area contributed by atoms with Crippen LogP contribution in [0.3, 0.4) is 0 Å². The van der Waals surface area contributed by atoms with E-state index < -0.39 is 0 Å². The minimum Gasteiger partial charge on any atom is -0.351 e. The molecule has 0 unspecified atom stereocenters. The fourth-order valence-electron chi connectivity index (χ4n) is 3.92. The van der Waals surface area contributed by atoms with Crippen LogP contribution in [0.15, 0.2) is 40.9 Å². The summed E-state index contributed by atoms with van der Waals surface area (Å²) in [7, 11) is 0. The van der Waals surface area contributed by atoms with E-state index in [0.717, 1.165) is 16.9 Å². The number of amides is 1. The number of rotatable bonds is 7. The minimum atomic E-state index is -0.0402. The lowest BCUT2D eigenvalue weighted by Gasteiger charge is -2.27. The predicted octanol–water partition coefficient (Wildman–Crippen LogP) is 5.16. The number of thiophene rings is 1. The molecule has 4 rings (SSSR count). The van der Waals surface area contributed by atoms with Crippen LogP contribution >= 0.6 is 11.3 Å². The highest BCUT2D eigenvalue weighted by molar-refractivity contribution is 7.17. The topological polar surface area (TPSA) is 71.3 Å². The van der Waals surface area contributed by atoms with E-state index in [1.54, 1.807) is 0 Å². The molecule has 6 nitrogen and oxygen atoms in total. The number of carbonyl (C=O) groups excluding carboxylic acids is 1. The molecule has 1 aliphatic heterocycles. The van der Waals surface area contributed by atoms with Gasteiger partial charge in [-0.15, -0.1) is 11.3 Å². The molecule has 1 aromatic carbocycles. The third kappa shape index (κ3) is 5.60. The SMILES string of the molecule is Cc1ccc(-c2nc(-c3ccc(C(=O)NCC[C@H](C)N4CCCCCC4)s3)no2)cc1. The first-order chi connectivity index (χ1) is 15.1. The molecule has 7 heteroatoms. The van der Waals surface area contributed by atoms with Crippen LogP contribution in [0, 0.1) is 6.92 Å². The zero-order valence-electron chi connectivity index (χ0n) is 18.3. The smallest absolute Gasteiger partial charge is 0.261 e. The van der Waals surface area contributed by atoms with Crippen molar-refractivity contribution in [3.05, 3.63) is 46.8 Å². The second kappa shape index (κ2) is 10.2. The van der Waals surface area contributed by atoms with Gasteiger partial charge in [-0.1, -0.05) is 35.7 Å². The molecule has 0 radical (unpaired) electrons. The van der Waals surface area contributed by atoms with Crippen molar-refractivity contribution in [3.8, 4) is 22.2 Å². The summed E-state index contributed by atoms with van der Waals surface area (Å²) in [5.74, 6) is 0.952. The molecule has 0 aliphatic carbocycles. The highest BCUT2D eigenvalue weighted by Gasteiger charge is 2.17. The van der Waals surface area contributed by atoms with Gasteiger partial charge in [0.15, 0.2) is 0 Å². The molecule has 1 fully saturated rings. The van der Waals surface area contributed by atoms with Gasteiger partial charge in [0.25, 0.3) is 11.8 Å². The quantitative estimate of drug-likeness (QED) is 0.552. The minimum absolute atomic E-state index is 0.0402. The first-order valence-electron chi connectivity index (χ1n) is 11.1. The molecule has 3 aromatic rings. The second-order valence-electron chi connectivity index (χ2n) is 8.30. The van der Waals surface area contributed by atoms with Gasteiger partial charge in [0, 0.05) is 18.2 Å². The lowest BCUT2D eigenvalue weighted by atomic mass is 10.1. The molecular weight excluding hydrogens is 408 g/mol. The largest absolute Gasteiger partial charge is 0.351 e. The van der Waals surface area contributed by atoms with Crippen LogP contribution in [-0.2, 0) is 0 Å². The zero-order chi connectivity index (χ0) is 21.6. The summed E-state index contributed by atoms with van der Waals surface area (Å²) in [6, 6.07) is 12.2. The Hall–Kier alpha value is -2.51. The van der Waals surface area contributed by atoms with Gasteiger partial charge in [-0.25, -0.2) is 0 Å². The second-order valence-corrected chi connectivity index (χ2v) is 9.38. The first-order valence-corrected chi connectivity index (χ1v) is 11.9. The van der Waals surface area contributed by atoms with Crippen LogP contribution in [0.4, 0.5) is 0 Å². The Morgan fingerprint density at radius 3 is 2.61 bits per heavy atom. The molecule has 31 heavy (non-hydrogen) atoms. The van der Waals surface area contributed by atoms with E-state index in [1.807, 2.05) is 43.3 Å². The Morgan fingerprint density at radius 1 is 1.13 bits per heavy atom. The molecular formula is C24H30N4O2S. The fourth-order valence-corrected chi connectivity index (χ4v) is 4.77. The lowest BCUT2D eigenvalue weighted by molar-refractivity contribution is 0.0952. The van der Waals surface area contributed by atoms with Gasteiger partial charge < -0.3 is 14.7 Å². The van der Waals surface area contributed by atoms with E-state index in [4.69, 9.17) is 4.52 Å². The Balaban J connectivity index is 1.31. The monoisotopic (exact) mass is 438 g/mol. The molecule has 0 saturated carbocycles. The van der Waals surface area contributed by atoms with Crippen molar-refractivity contribution in [2.45, 2.75) is 52.0 Å². The molecule has 2 aromatic heterocycles. The zero-order valence-corrected chi connectivity index (χ0v) is 19.1. The van der Waals surface area contributed by atoms with Crippen molar-refractivity contribution in [2.24, 2.45) is 0 Å². The summed E-state index contributed by atoms with van der Waals surface area (Å²) in [4.78, 5) is 21.1. The summed E-state index contributed by atoms with van der Waals surface area (Å²) in [6.45, 7) is 7.35. The number of nitrogens with one attached hydrogen (secondary N) is 1. The van der Waals surface area contributed by atoms with E-state index in [2.05, 4.69) is 27.3 Å². The van der Waals surface area contributed by atoms with Gasteiger partial charge in [-0.05, 0) is 70.5 Å². The Bertz CT molecular complexity index is 987. The maximum absolute atomic E-state index is 12.6. The number of likely N-dealkylation sites (tertiary alicyclic amines) is 1. The van der Waals surface area contributed by atoms with Crippen molar-refractivity contribution in [1.29, 1.82) is 0 Å². The number of hydrogen-bond donors (Lipinski definition) is 1. The molecule has 164 valence electrons. The number of benzene rings is 1. The Labute approximate surface area is 187 Å². The number of aromatic nitrogens is 2. The van der Waals surface area contributed by atoms with Crippen LogP contribution in [0.2, 0.25) is 0 Å². The Morgan fingerprint density at radius 2 is 1.87 bits per heavy atom. The standard InChI is InChI=1S/C24H30N4O2S/c1-17-7-9-19(10-8-17)24-26-22(27-30-24)20-11-12-21(31-20)23(29)25-14-13-18(2)28-15-5-3-4-6-16-28/h7-12,18H,3-6,13-16H2,1-2H3,(H,25,29)/t18-/m0/s1. The van der Waals surface area contributed by atoms with Crippen molar-refractivity contribution in [2.75, 3.05) is 19.6 Å². The van der Waals surface area contributed by atoms with Gasteiger partial charge in [-0.3, -0.25) is 4.79 Å². The van der Waals surface area contributed by atoms with E-state index in [1.165, 1.54) is 55.7 Å². The summed E-state index contributed by atoms with van der Waals surface area (Å²) < 4.78 is 5.41. The van der Waals surface area contributed by atoms with E-state index in [0.29, 0.717) is 29.2 Å². The first kappa shape index (κ1) is 21.7. The van der Waals surface area contributed by atoms with E-state index in [-0.39, 0.29) is 5.91 Å². The van der Waals surface area contributed by atoms with Gasteiger partial charge >= 0.3 is 0 Å². The third-order valence-corrected chi connectivity index (χ3v) is 6.97. The highest BCUT2D eigenvalue weighted by Crippen LogP contribution is 2.28. The maximum Gasteiger partial charge on any atom is 0.261 e. The highest BCUT2D eigenvalue weighted by atomic mass is 32.1. The summed E-state index contributed by atoms with van der Waals surface area (Å²) in [5, 5.41) is 7.16. The molecule has 1 N–H and O–H groups in total. The number of carbonyl (C=O) groups is 1. The van der Waals surface area contributed by atoms with Gasteiger partial charge in [-0.2, -0.15) is 4.98 Å². The Kier molecular flexibility index (Phi) is 7.14.